The van der Waals surface area contributed by atoms with Gasteiger partial charge in [0.1, 0.15) is 11.1 Å². The highest BCUT2D eigenvalue weighted by Gasteiger charge is 2.15. The zero-order chi connectivity index (χ0) is 19.1. The molecule has 0 aliphatic rings. The molecule has 0 aliphatic heterocycles. The Kier molecular flexibility index (Phi) is 5.98. The Morgan fingerprint density at radius 3 is 2.56 bits per heavy atom. The second kappa shape index (κ2) is 8.79. The number of hydrogen-bond acceptors (Lipinski definition) is 5. The van der Waals surface area contributed by atoms with Crippen LogP contribution in [-0.4, -0.2) is 18.5 Å². The van der Waals surface area contributed by atoms with Crippen LogP contribution in [0.3, 0.4) is 0 Å². The molecule has 0 saturated heterocycles. The molecule has 0 atom stereocenters. The van der Waals surface area contributed by atoms with Crippen LogP contribution in [0.25, 0.3) is 0 Å². The average Bonchev–Trinajstić information content (AvgIpc) is 3.14. The number of amides is 1. The summed E-state index contributed by atoms with van der Waals surface area (Å²) in [7, 11) is 0. The summed E-state index contributed by atoms with van der Waals surface area (Å²) in [5.41, 5.74) is 2.73. The third kappa shape index (κ3) is 4.81. The molecule has 0 radical (unpaired) electrons. The number of rotatable bonds is 6. The van der Waals surface area contributed by atoms with E-state index in [1.165, 1.54) is 11.3 Å². The number of esters is 1. The van der Waals surface area contributed by atoms with Gasteiger partial charge in [-0.15, -0.1) is 11.3 Å². The summed E-state index contributed by atoms with van der Waals surface area (Å²) in [4.78, 5) is 24.4. The normalized spacial score (nSPS) is 10.0. The van der Waals surface area contributed by atoms with Crippen molar-refractivity contribution in [3.8, 4) is 6.07 Å². The van der Waals surface area contributed by atoms with Gasteiger partial charge in [-0.25, -0.2) is 4.79 Å². The minimum absolute atomic E-state index is 0.382. The first kappa shape index (κ1) is 18.4. The lowest BCUT2D eigenvalue weighted by molar-refractivity contribution is -0.119. The number of nitrogens with one attached hydrogen (secondary N) is 1. The number of hydrogen-bond donors (Lipinski definition) is 1. The van der Waals surface area contributed by atoms with Crippen LogP contribution in [0.2, 0.25) is 0 Å². The van der Waals surface area contributed by atoms with Crippen LogP contribution in [0.15, 0.2) is 66.0 Å². The van der Waals surface area contributed by atoms with E-state index in [1.807, 2.05) is 48.5 Å². The maximum Gasteiger partial charge on any atom is 0.338 e. The molecule has 0 saturated carbocycles. The predicted octanol–water partition coefficient (Wildman–Crippen LogP) is 4.01. The topological polar surface area (TPSA) is 79.2 Å². The van der Waals surface area contributed by atoms with Crippen LogP contribution in [0.4, 0.5) is 5.00 Å². The number of carbonyl (C=O) groups excluding carboxylic acids is 2. The van der Waals surface area contributed by atoms with Crippen molar-refractivity contribution in [1.29, 1.82) is 5.26 Å². The van der Waals surface area contributed by atoms with Crippen molar-refractivity contribution in [2.24, 2.45) is 0 Å². The van der Waals surface area contributed by atoms with E-state index >= 15 is 0 Å². The van der Waals surface area contributed by atoms with Gasteiger partial charge in [-0.3, -0.25) is 4.79 Å². The Hall–Kier alpha value is -3.43. The number of thiophene rings is 1. The van der Waals surface area contributed by atoms with E-state index in [-0.39, 0.29) is 0 Å². The van der Waals surface area contributed by atoms with Gasteiger partial charge in [-0.2, -0.15) is 5.26 Å². The molecule has 0 fully saturated rings. The highest BCUT2D eigenvalue weighted by Crippen LogP contribution is 2.22. The van der Waals surface area contributed by atoms with Crippen LogP contribution in [0.1, 0.15) is 27.0 Å². The summed E-state index contributed by atoms with van der Waals surface area (Å²) in [6, 6.07) is 20.6. The molecule has 3 aromatic rings. The van der Waals surface area contributed by atoms with E-state index in [4.69, 9.17) is 10.00 Å². The smallest absolute Gasteiger partial charge is 0.338 e. The molecule has 1 N–H and O–H groups in total. The van der Waals surface area contributed by atoms with Crippen LogP contribution in [0, 0.1) is 11.3 Å². The maximum atomic E-state index is 12.4. The highest BCUT2D eigenvalue weighted by atomic mass is 32.1. The Morgan fingerprint density at radius 2 is 1.78 bits per heavy atom. The quantitative estimate of drug-likeness (QED) is 0.659. The standard InChI is InChI=1S/C21H16N2O3S/c22-13-17-10-11-27-20(17)23-19(24)14-26-21(25)18-9-5-4-8-16(18)12-15-6-2-1-3-7-15/h1-11H,12,14H2,(H,23,24). The van der Waals surface area contributed by atoms with E-state index in [0.29, 0.717) is 22.5 Å². The molecule has 1 amide bonds. The minimum Gasteiger partial charge on any atom is -0.452 e. The fourth-order valence-corrected chi connectivity index (χ4v) is 3.31. The Morgan fingerprint density at radius 1 is 1.04 bits per heavy atom. The molecule has 0 spiro atoms. The van der Waals surface area contributed by atoms with Gasteiger partial charge in [0, 0.05) is 0 Å². The number of nitriles is 1. The van der Waals surface area contributed by atoms with E-state index in [2.05, 4.69) is 5.32 Å². The van der Waals surface area contributed by atoms with Crippen LogP contribution >= 0.6 is 11.3 Å². The fraction of sp³-hybridized carbons (Fsp3) is 0.0952. The van der Waals surface area contributed by atoms with Gasteiger partial charge in [0.15, 0.2) is 6.61 Å². The van der Waals surface area contributed by atoms with Gasteiger partial charge in [0.2, 0.25) is 0 Å². The SMILES string of the molecule is N#Cc1ccsc1NC(=O)COC(=O)c1ccccc1Cc1ccccc1. The minimum atomic E-state index is -0.552. The first-order chi connectivity index (χ1) is 13.2. The molecule has 1 heterocycles. The van der Waals surface area contributed by atoms with Crippen LogP contribution in [0.5, 0.6) is 0 Å². The molecule has 27 heavy (non-hydrogen) atoms. The molecule has 3 rings (SSSR count). The highest BCUT2D eigenvalue weighted by molar-refractivity contribution is 7.14. The van der Waals surface area contributed by atoms with E-state index in [9.17, 15) is 9.59 Å². The lowest BCUT2D eigenvalue weighted by Gasteiger charge is -2.10. The largest absolute Gasteiger partial charge is 0.452 e. The zero-order valence-corrected chi connectivity index (χ0v) is 15.2. The first-order valence-corrected chi connectivity index (χ1v) is 9.11. The van der Waals surface area contributed by atoms with Gasteiger partial charge in [-0.1, -0.05) is 48.5 Å². The molecular weight excluding hydrogens is 360 g/mol. The third-order valence-corrected chi connectivity index (χ3v) is 4.68. The van der Waals surface area contributed by atoms with Crippen molar-refractivity contribution in [1.82, 2.24) is 0 Å². The van der Waals surface area contributed by atoms with Crippen molar-refractivity contribution in [3.05, 3.63) is 88.3 Å². The number of nitrogens with zero attached hydrogens (tertiary/aromatic N) is 1. The average molecular weight is 376 g/mol. The van der Waals surface area contributed by atoms with E-state index in [1.54, 1.807) is 23.6 Å². The third-order valence-electron chi connectivity index (χ3n) is 3.85. The van der Waals surface area contributed by atoms with Crippen molar-refractivity contribution in [2.75, 3.05) is 11.9 Å². The summed E-state index contributed by atoms with van der Waals surface area (Å²) < 4.78 is 5.16. The monoisotopic (exact) mass is 376 g/mol. The molecule has 5 nitrogen and oxygen atoms in total. The summed E-state index contributed by atoms with van der Waals surface area (Å²) in [5, 5.41) is 13.7. The molecule has 0 aliphatic carbocycles. The lowest BCUT2D eigenvalue weighted by Crippen LogP contribution is -2.21. The second-order valence-corrected chi connectivity index (χ2v) is 6.64. The Bertz CT molecular complexity index is 990. The molecule has 134 valence electrons. The Labute approximate surface area is 160 Å². The van der Waals surface area contributed by atoms with Gasteiger partial charge < -0.3 is 10.1 Å². The fourth-order valence-electron chi connectivity index (χ4n) is 2.56. The lowest BCUT2D eigenvalue weighted by atomic mass is 10.00. The predicted molar refractivity (Wildman–Crippen MR) is 104 cm³/mol. The number of ether oxygens (including phenoxy) is 1. The van der Waals surface area contributed by atoms with E-state index < -0.39 is 18.5 Å². The van der Waals surface area contributed by atoms with Crippen molar-refractivity contribution in [3.63, 3.8) is 0 Å². The Balaban J connectivity index is 1.63. The van der Waals surface area contributed by atoms with E-state index in [0.717, 1.165) is 11.1 Å². The number of carbonyl (C=O) groups is 2. The van der Waals surface area contributed by atoms with Gasteiger partial charge in [0.05, 0.1) is 11.1 Å². The van der Waals surface area contributed by atoms with Crippen molar-refractivity contribution in [2.45, 2.75) is 6.42 Å². The second-order valence-electron chi connectivity index (χ2n) is 5.72. The molecule has 1 aromatic heterocycles. The number of anilines is 1. The summed E-state index contributed by atoms with van der Waals surface area (Å²) in [6.07, 6.45) is 0.596. The number of benzene rings is 2. The first-order valence-electron chi connectivity index (χ1n) is 8.24. The van der Waals surface area contributed by atoms with Crippen LogP contribution in [-0.2, 0) is 16.0 Å². The molecule has 0 bridgehead atoms. The summed E-state index contributed by atoms with van der Waals surface area (Å²) >= 11 is 1.24. The molecule has 2 aromatic carbocycles. The molecule has 6 heteroatoms. The van der Waals surface area contributed by atoms with Crippen LogP contribution < -0.4 is 5.32 Å². The molecule has 0 unspecified atom stereocenters. The van der Waals surface area contributed by atoms with Gasteiger partial charge in [0.25, 0.3) is 5.91 Å². The zero-order valence-electron chi connectivity index (χ0n) is 14.3. The maximum absolute atomic E-state index is 12.4. The van der Waals surface area contributed by atoms with Gasteiger partial charge >= 0.3 is 5.97 Å². The molecular formula is C21H16N2O3S. The summed E-state index contributed by atoms with van der Waals surface area (Å²) in [5.74, 6) is -1.04. The van der Waals surface area contributed by atoms with Crippen molar-refractivity contribution < 1.29 is 14.3 Å². The van der Waals surface area contributed by atoms with Gasteiger partial charge in [-0.05, 0) is 35.1 Å². The van der Waals surface area contributed by atoms with Crippen molar-refractivity contribution >= 4 is 28.2 Å². The summed E-state index contributed by atoms with van der Waals surface area (Å²) in [6.45, 7) is -0.415.